The molecule has 0 bridgehead atoms. The molecule has 186 valence electrons. The fraction of sp³-hybridized carbons (Fsp3) is 0.640. The Labute approximate surface area is 200 Å². The lowest BCUT2D eigenvalue weighted by Crippen LogP contribution is -2.46. The maximum atomic E-state index is 12.8. The predicted molar refractivity (Wildman–Crippen MR) is 128 cm³/mol. The number of carbonyl (C=O) groups is 2. The van der Waals surface area contributed by atoms with Crippen LogP contribution in [0, 0.1) is 6.92 Å². The molecule has 2 atom stereocenters. The van der Waals surface area contributed by atoms with Crippen LogP contribution < -0.4 is 10.1 Å². The molecule has 2 amide bonds. The first-order valence-corrected chi connectivity index (χ1v) is 12.4. The Kier molecular flexibility index (Phi) is 7.73. The molecule has 9 nitrogen and oxygen atoms in total. The summed E-state index contributed by atoms with van der Waals surface area (Å²) >= 11 is 0. The third-order valence-corrected chi connectivity index (χ3v) is 7.09. The number of hydrogen-bond acceptors (Lipinski definition) is 7. The number of aliphatic hydroxyl groups excluding tert-OH is 2. The van der Waals surface area contributed by atoms with Gasteiger partial charge in [-0.3, -0.25) is 14.9 Å². The standard InChI is InChI=1S/C25H36N4O5/c1-16-11-12-21(23-19(16)14-28-20(15-30)24(33)27-25(28)26-23)34-13-7-6-10-22(32)29(17(2)31)18-8-4-3-5-9-18/h11-12,17-18,20,30-31H,3-10,13-15H2,1-2H3,(H,26,27,33). The first-order chi connectivity index (χ1) is 16.4. The molecule has 2 aliphatic heterocycles. The summed E-state index contributed by atoms with van der Waals surface area (Å²) in [5, 5.41) is 22.5. The average Bonchev–Trinajstić information content (AvgIpc) is 3.13. The van der Waals surface area contributed by atoms with Crippen molar-refractivity contribution < 1.29 is 24.5 Å². The van der Waals surface area contributed by atoms with Crippen LogP contribution >= 0.6 is 0 Å². The highest BCUT2D eigenvalue weighted by Gasteiger charge is 2.39. The van der Waals surface area contributed by atoms with Gasteiger partial charge in [0, 0.05) is 24.6 Å². The van der Waals surface area contributed by atoms with Gasteiger partial charge in [-0.2, -0.15) is 0 Å². The van der Waals surface area contributed by atoms with Gasteiger partial charge >= 0.3 is 0 Å². The Hall–Kier alpha value is -2.65. The van der Waals surface area contributed by atoms with Crippen LogP contribution in [-0.2, 0) is 16.1 Å². The van der Waals surface area contributed by atoms with Gasteiger partial charge in [0.15, 0.2) is 0 Å². The summed E-state index contributed by atoms with van der Waals surface area (Å²) in [5.74, 6) is 0.849. The minimum atomic E-state index is -0.758. The van der Waals surface area contributed by atoms with Crippen LogP contribution in [0.15, 0.2) is 17.1 Å². The first-order valence-electron chi connectivity index (χ1n) is 12.4. The number of unbranched alkanes of at least 4 members (excludes halogenated alkanes) is 1. The van der Waals surface area contributed by atoms with Gasteiger partial charge in [0.05, 0.1) is 13.2 Å². The number of nitrogens with zero attached hydrogens (tertiary/aromatic N) is 3. The van der Waals surface area contributed by atoms with Crippen LogP contribution in [0.25, 0.3) is 0 Å². The van der Waals surface area contributed by atoms with Crippen LogP contribution in [-0.4, -0.2) is 69.3 Å². The number of amides is 2. The molecule has 2 fully saturated rings. The number of aliphatic imine (C=N–C) groups is 1. The SMILES string of the molecule is Cc1ccc(OCCCCC(=O)N(C(C)O)C2CCCCC2)c2c1CN1C(=N2)NC(=O)C1CO. The molecule has 1 saturated heterocycles. The lowest BCUT2D eigenvalue weighted by Gasteiger charge is -2.36. The van der Waals surface area contributed by atoms with Gasteiger partial charge in [-0.25, -0.2) is 4.99 Å². The van der Waals surface area contributed by atoms with E-state index in [4.69, 9.17) is 4.74 Å². The average molecular weight is 473 g/mol. The third kappa shape index (κ3) is 5.05. The van der Waals surface area contributed by atoms with E-state index >= 15 is 0 Å². The van der Waals surface area contributed by atoms with Gasteiger partial charge in [-0.1, -0.05) is 25.3 Å². The van der Waals surface area contributed by atoms with E-state index in [1.165, 1.54) is 6.42 Å². The van der Waals surface area contributed by atoms with Crippen molar-refractivity contribution >= 4 is 23.5 Å². The Morgan fingerprint density at radius 1 is 1.29 bits per heavy atom. The molecular formula is C25H36N4O5. The van der Waals surface area contributed by atoms with E-state index in [0.29, 0.717) is 49.8 Å². The van der Waals surface area contributed by atoms with Crippen molar-refractivity contribution in [1.29, 1.82) is 0 Å². The molecule has 34 heavy (non-hydrogen) atoms. The minimum absolute atomic E-state index is 0.0107. The van der Waals surface area contributed by atoms with Gasteiger partial charge in [-0.05, 0) is 51.2 Å². The highest BCUT2D eigenvalue weighted by molar-refractivity contribution is 6.08. The monoisotopic (exact) mass is 472 g/mol. The molecule has 1 aliphatic carbocycles. The second-order valence-corrected chi connectivity index (χ2v) is 9.49. The number of hydrogen-bond donors (Lipinski definition) is 3. The van der Waals surface area contributed by atoms with Gasteiger partial charge in [0.2, 0.25) is 11.9 Å². The largest absolute Gasteiger partial charge is 0.491 e. The van der Waals surface area contributed by atoms with Crippen LogP contribution in [0.2, 0.25) is 0 Å². The lowest BCUT2D eigenvalue weighted by atomic mass is 9.93. The highest BCUT2D eigenvalue weighted by Crippen LogP contribution is 2.39. The summed E-state index contributed by atoms with van der Waals surface area (Å²) in [5.41, 5.74) is 2.73. The zero-order valence-electron chi connectivity index (χ0n) is 20.1. The van der Waals surface area contributed by atoms with Crippen molar-refractivity contribution in [3.05, 3.63) is 23.3 Å². The zero-order valence-corrected chi connectivity index (χ0v) is 20.1. The van der Waals surface area contributed by atoms with E-state index in [1.807, 2.05) is 19.1 Å². The number of ether oxygens (including phenoxy) is 1. The van der Waals surface area contributed by atoms with Crippen molar-refractivity contribution in [3.8, 4) is 5.75 Å². The Morgan fingerprint density at radius 3 is 2.76 bits per heavy atom. The first kappa shape index (κ1) is 24.5. The summed E-state index contributed by atoms with van der Waals surface area (Å²) in [6, 6.07) is 3.39. The van der Waals surface area contributed by atoms with E-state index in [9.17, 15) is 19.8 Å². The number of guanidine groups is 1. The molecule has 4 rings (SSSR count). The summed E-state index contributed by atoms with van der Waals surface area (Å²) in [6.07, 6.45) is 6.39. The number of aliphatic hydroxyl groups is 2. The van der Waals surface area contributed by atoms with Gasteiger partial charge in [0.1, 0.15) is 23.7 Å². The Morgan fingerprint density at radius 2 is 2.06 bits per heavy atom. The molecule has 0 spiro atoms. The maximum Gasteiger partial charge on any atom is 0.251 e. The van der Waals surface area contributed by atoms with Crippen molar-refractivity contribution in [2.75, 3.05) is 13.2 Å². The summed E-state index contributed by atoms with van der Waals surface area (Å²) in [4.78, 5) is 33.0. The van der Waals surface area contributed by atoms with Gasteiger partial charge < -0.3 is 24.7 Å². The third-order valence-electron chi connectivity index (χ3n) is 7.09. The van der Waals surface area contributed by atoms with Crippen molar-refractivity contribution in [3.63, 3.8) is 0 Å². The smallest absolute Gasteiger partial charge is 0.251 e. The van der Waals surface area contributed by atoms with E-state index < -0.39 is 12.3 Å². The molecule has 1 aromatic rings. The summed E-state index contributed by atoms with van der Waals surface area (Å²) in [7, 11) is 0. The Balaban J connectivity index is 1.32. The molecule has 1 aromatic carbocycles. The van der Waals surface area contributed by atoms with E-state index in [1.54, 1.807) is 16.7 Å². The molecule has 1 saturated carbocycles. The summed E-state index contributed by atoms with van der Waals surface area (Å²) < 4.78 is 6.03. The van der Waals surface area contributed by atoms with E-state index in [2.05, 4.69) is 10.3 Å². The van der Waals surface area contributed by atoms with Crippen molar-refractivity contribution in [2.45, 2.75) is 90.1 Å². The van der Waals surface area contributed by atoms with Gasteiger partial charge in [0.25, 0.3) is 5.91 Å². The van der Waals surface area contributed by atoms with Gasteiger partial charge in [-0.15, -0.1) is 0 Å². The molecule has 0 aromatic heterocycles. The molecule has 0 radical (unpaired) electrons. The topological polar surface area (TPSA) is 115 Å². The lowest BCUT2D eigenvalue weighted by molar-refractivity contribution is -0.145. The number of benzene rings is 1. The predicted octanol–water partition coefficient (Wildman–Crippen LogP) is 2.34. The fourth-order valence-corrected chi connectivity index (χ4v) is 5.21. The quantitative estimate of drug-likeness (QED) is 0.375. The molecule has 2 unspecified atom stereocenters. The second kappa shape index (κ2) is 10.7. The Bertz CT molecular complexity index is 941. The molecule has 9 heteroatoms. The fourth-order valence-electron chi connectivity index (χ4n) is 5.21. The molecular weight excluding hydrogens is 436 g/mol. The van der Waals surface area contributed by atoms with Crippen molar-refractivity contribution in [1.82, 2.24) is 15.1 Å². The van der Waals surface area contributed by atoms with Crippen LogP contribution in [0.3, 0.4) is 0 Å². The molecule has 2 heterocycles. The van der Waals surface area contributed by atoms with Crippen LogP contribution in [0.4, 0.5) is 5.69 Å². The number of nitrogens with one attached hydrogen (secondary N) is 1. The van der Waals surface area contributed by atoms with E-state index in [0.717, 1.165) is 36.8 Å². The number of carbonyl (C=O) groups excluding carboxylic acids is 2. The zero-order chi connectivity index (χ0) is 24.2. The highest BCUT2D eigenvalue weighted by atomic mass is 16.5. The maximum absolute atomic E-state index is 12.8. The number of aryl methyl sites for hydroxylation is 1. The second-order valence-electron chi connectivity index (χ2n) is 9.49. The summed E-state index contributed by atoms with van der Waals surface area (Å²) in [6.45, 7) is 4.33. The number of fused-ring (bicyclic) bond motifs is 2. The normalized spacial score (nSPS) is 20.8. The van der Waals surface area contributed by atoms with Crippen molar-refractivity contribution in [2.24, 2.45) is 4.99 Å². The van der Waals surface area contributed by atoms with Crippen LogP contribution in [0.5, 0.6) is 5.75 Å². The minimum Gasteiger partial charge on any atom is -0.491 e. The van der Waals surface area contributed by atoms with E-state index in [-0.39, 0.29) is 24.5 Å². The molecule has 3 aliphatic rings. The number of rotatable bonds is 9. The molecule has 3 N–H and O–H groups in total. The van der Waals surface area contributed by atoms with Crippen LogP contribution in [0.1, 0.15) is 69.4 Å².